The molecule has 0 spiro atoms. The van der Waals surface area contributed by atoms with E-state index >= 15 is 0 Å². The Bertz CT molecular complexity index is 777. The summed E-state index contributed by atoms with van der Waals surface area (Å²) in [5, 5.41) is 13.7. The number of hydrogen-bond acceptors (Lipinski definition) is 3. The number of hydrogen-bond donors (Lipinski definition) is 2. The van der Waals surface area contributed by atoms with Gasteiger partial charge >= 0.3 is 0 Å². The van der Waals surface area contributed by atoms with Crippen molar-refractivity contribution in [1.29, 1.82) is 0 Å². The first-order chi connectivity index (χ1) is 13.7. The zero-order valence-electron chi connectivity index (χ0n) is 16.9. The van der Waals surface area contributed by atoms with Crippen LogP contribution in [0.3, 0.4) is 0 Å². The minimum Gasteiger partial charge on any atom is -0.504 e. The van der Waals surface area contributed by atoms with Crippen LogP contribution in [0.15, 0.2) is 53.5 Å². The molecule has 2 aromatic carbocycles. The van der Waals surface area contributed by atoms with Crippen LogP contribution in [0.4, 0.5) is 0 Å². The molecule has 1 aliphatic rings. The van der Waals surface area contributed by atoms with Gasteiger partial charge in [0.1, 0.15) is 0 Å². The van der Waals surface area contributed by atoms with E-state index < -0.39 is 0 Å². The van der Waals surface area contributed by atoms with Gasteiger partial charge in [0, 0.05) is 26.2 Å². The maximum absolute atomic E-state index is 10.2. The molecule has 1 fully saturated rings. The fraction of sp³-hybridized carbons (Fsp3) is 0.435. The normalized spacial score (nSPS) is 17.0. The number of guanidine groups is 1. The standard InChI is InChI=1S/C23H31N3O2/c1-3-24-23(25-14-12-20-10-7-11-21(28-2)22(20)27)26-15-13-19(17-26)16-18-8-5-4-6-9-18/h4-11,19,27H,3,12-17H2,1-2H3,(H,24,25). The summed E-state index contributed by atoms with van der Waals surface area (Å²) in [5.74, 6) is 2.36. The van der Waals surface area contributed by atoms with E-state index in [9.17, 15) is 5.11 Å². The highest BCUT2D eigenvalue weighted by molar-refractivity contribution is 5.80. The van der Waals surface area contributed by atoms with Crippen molar-refractivity contribution >= 4 is 5.96 Å². The summed E-state index contributed by atoms with van der Waals surface area (Å²) in [6, 6.07) is 16.3. The van der Waals surface area contributed by atoms with Gasteiger partial charge in [-0.3, -0.25) is 4.99 Å². The molecule has 28 heavy (non-hydrogen) atoms. The van der Waals surface area contributed by atoms with Crippen molar-refractivity contribution in [3.05, 3.63) is 59.7 Å². The van der Waals surface area contributed by atoms with Gasteiger partial charge in [-0.05, 0) is 49.3 Å². The number of rotatable bonds is 7. The first kappa shape index (κ1) is 20.1. The monoisotopic (exact) mass is 381 g/mol. The summed E-state index contributed by atoms with van der Waals surface area (Å²) in [6.07, 6.45) is 2.99. The lowest BCUT2D eigenvalue weighted by atomic mass is 9.99. The highest BCUT2D eigenvalue weighted by atomic mass is 16.5. The van der Waals surface area contributed by atoms with E-state index in [1.807, 2.05) is 12.1 Å². The molecule has 0 saturated carbocycles. The molecule has 0 aromatic heterocycles. The SMILES string of the molecule is CCNC(=NCCc1cccc(OC)c1O)N1CCC(Cc2ccccc2)C1. The van der Waals surface area contributed by atoms with Crippen LogP contribution in [0, 0.1) is 5.92 Å². The van der Waals surface area contributed by atoms with E-state index in [0.717, 1.165) is 37.6 Å². The lowest BCUT2D eigenvalue weighted by molar-refractivity contribution is 0.370. The molecule has 2 N–H and O–H groups in total. The van der Waals surface area contributed by atoms with E-state index in [0.29, 0.717) is 24.6 Å². The van der Waals surface area contributed by atoms with Crippen molar-refractivity contribution in [2.45, 2.75) is 26.2 Å². The minimum absolute atomic E-state index is 0.217. The summed E-state index contributed by atoms with van der Waals surface area (Å²) >= 11 is 0. The maximum atomic E-state index is 10.2. The number of methoxy groups -OCH3 is 1. The number of nitrogens with one attached hydrogen (secondary N) is 1. The summed E-state index contributed by atoms with van der Waals surface area (Å²) in [4.78, 5) is 7.17. The zero-order valence-corrected chi connectivity index (χ0v) is 16.9. The van der Waals surface area contributed by atoms with Crippen molar-refractivity contribution in [2.24, 2.45) is 10.9 Å². The maximum Gasteiger partial charge on any atom is 0.193 e. The van der Waals surface area contributed by atoms with Crippen LogP contribution in [0.2, 0.25) is 0 Å². The molecule has 3 rings (SSSR count). The molecule has 2 aromatic rings. The Morgan fingerprint density at radius 1 is 1.21 bits per heavy atom. The van der Waals surface area contributed by atoms with Gasteiger partial charge < -0.3 is 20.1 Å². The fourth-order valence-electron chi connectivity index (χ4n) is 3.78. The molecule has 1 heterocycles. The van der Waals surface area contributed by atoms with Gasteiger partial charge in [0.2, 0.25) is 0 Å². The number of aromatic hydroxyl groups is 1. The topological polar surface area (TPSA) is 57.1 Å². The van der Waals surface area contributed by atoms with E-state index in [2.05, 4.69) is 47.5 Å². The second kappa shape index (κ2) is 10.0. The van der Waals surface area contributed by atoms with Crippen LogP contribution in [-0.2, 0) is 12.8 Å². The summed E-state index contributed by atoms with van der Waals surface area (Å²) in [6.45, 7) is 5.64. The number of benzene rings is 2. The second-order valence-corrected chi connectivity index (χ2v) is 7.24. The van der Waals surface area contributed by atoms with Crippen LogP contribution in [0.5, 0.6) is 11.5 Å². The fourth-order valence-corrected chi connectivity index (χ4v) is 3.78. The molecule has 1 aliphatic heterocycles. The first-order valence-electron chi connectivity index (χ1n) is 10.1. The number of nitrogens with zero attached hydrogens (tertiary/aromatic N) is 2. The van der Waals surface area contributed by atoms with Gasteiger partial charge in [-0.1, -0.05) is 42.5 Å². The van der Waals surface area contributed by atoms with Gasteiger partial charge in [-0.25, -0.2) is 0 Å². The molecule has 150 valence electrons. The lowest BCUT2D eigenvalue weighted by Gasteiger charge is -2.22. The molecule has 0 aliphatic carbocycles. The number of aliphatic imine (C=N–C) groups is 1. The van der Waals surface area contributed by atoms with Gasteiger partial charge in [-0.15, -0.1) is 0 Å². The minimum atomic E-state index is 0.217. The Hall–Kier alpha value is -2.69. The second-order valence-electron chi connectivity index (χ2n) is 7.24. The van der Waals surface area contributed by atoms with Crippen LogP contribution in [0.1, 0.15) is 24.5 Å². The molecular formula is C23H31N3O2. The quantitative estimate of drug-likeness (QED) is 0.570. The van der Waals surface area contributed by atoms with Crippen molar-refractivity contribution in [2.75, 3.05) is 33.3 Å². The predicted octanol–water partition coefficient (Wildman–Crippen LogP) is 3.47. The third-order valence-electron chi connectivity index (χ3n) is 5.23. The van der Waals surface area contributed by atoms with Crippen LogP contribution >= 0.6 is 0 Å². The molecule has 5 heteroatoms. The van der Waals surface area contributed by atoms with Crippen molar-refractivity contribution in [3.8, 4) is 11.5 Å². The Balaban J connectivity index is 1.58. The third kappa shape index (κ3) is 5.18. The smallest absolute Gasteiger partial charge is 0.193 e. The molecule has 1 atom stereocenters. The molecule has 0 amide bonds. The summed E-state index contributed by atoms with van der Waals surface area (Å²) in [7, 11) is 1.57. The number of phenolic OH excluding ortho intramolecular Hbond substituents is 1. The van der Waals surface area contributed by atoms with E-state index in [-0.39, 0.29) is 5.75 Å². The van der Waals surface area contributed by atoms with Crippen molar-refractivity contribution in [1.82, 2.24) is 10.2 Å². The Labute approximate surface area is 168 Å². The number of ether oxygens (including phenoxy) is 1. The average Bonchev–Trinajstić information content (AvgIpc) is 3.17. The van der Waals surface area contributed by atoms with Gasteiger partial charge in [0.15, 0.2) is 17.5 Å². The first-order valence-corrected chi connectivity index (χ1v) is 10.1. The molecule has 0 radical (unpaired) electrons. The molecule has 0 bridgehead atoms. The van der Waals surface area contributed by atoms with Gasteiger partial charge in [-0.2, -0.15) is 0 Å². The van der Waals surface area contributed by atoms with Crippen LogP contribution in [0.25, 0.3) is 0 Å². The third-order valence-corrected chi connectivity index (χ3v) is 5.23. The van der Waals surface area contributed by atoms with Gasteiger partial charge in [0.05, 0.1) is 7.11 Å². The molecule has 1 saturated heterocycles. The van der Waals surface area contributed by atoms with Crippen LogP contribution < -0.4 is 10.1 Å². The van der Waals surface area contributed by atoms with Crippen molar-refractivity contribution < 1.29 is 9.84 Å². The largest absolute Gasteiger partial charge is 0.504 e. The Morgan fingerprint density at radius 3 is 2.79 bits per heavy atom. The average molecular weight is 382 g/mol. The number of para-hydroxylation sites is 1. The lowest BCUT2D eigenvalue weighted by Crippen LogP contribution is -2.40. The van der Waals surface area contributed by atoms with E-state index in [4.69, 9.17) is 9.73 Å². The highest BCUT2D eigenvalue weighted by Gasteiger charge is 2.24. The predicted molar refractivity (Wildman–Crippen MR) is 114 cm³/mol. The van der Waals surface area contributed by atoms with Crippen molar-refractivity contribution in [3.63, 3.8) is 0 Å². The Kier molecular flexibility index (Phi) is 7.18. The molecular weight excluding hydrogens is 350 g/mol. The molecule has 5 nitrogen and oxygen atoms in total. The van der Waals surface area contributed by atoms with E-state index in [1.165, 1.54) is 12.0 Å². The van der Waals surface area contributed by atoms with Gasteiger partial charge in [0.25, 0.3) is 0 Å². The summed E-state index contributed by atoms with van der Waals surface area (Å²) < 4.78 is 5.19. The zero-order chi connectivity index (χ0) is 19.8. The van der Waals surface area contributed by atoms with Crippen LogP contribution in [-0.4, -0.2) is 49.3 Å². The highest BCUT2D eigenvalue weighted by Crippen LogP contribution is 2.29. The Morgan fingerprint density at radius 2 is 2.04 bits per heavy atom. The summed E-state index contributed by atoms with van der Waals surface area (Å²) in [5.41, 5.74) is 2.27. The number of phenols is 1. The van der Waals surface area contributed by atoms with E-state index in [1.54, 1.807) is 13.2 Å². The molecule has 1 unspecified atom stereocenters. The number of likely N-dealkylation sites (tertiary alicyclic amines) is 1.